The van der Waals surface area contributed by atoms with Gasteiger partial charge in [0.2, 0.25) is 0 Å². The minimum Gasteiger partial charge on any atom is -0.487 e. The van der Waals surface area contributed by atoms with Crippen molar-refractivity contribution in [2.45, 2.75) is 13.2 Å². The van der Waals surface area contributed by atoms with E-state index in [1.807, 2.05) is 102 Å². The maximum atomic E-state index is 11.4. The number of aromatic nitrogens is 6. The van der Waals surface area contributed by atoms with Crippen LogP contribution in [-0.2, 0) is 13.2 Å². The number of benzene rings is 4. The van der Waals surface area contributed by atoms with Gasteiger partial charge >= 0.3 is 5.97 Å². The number of carboxylic acid groups (broad SMARTS) is 1. The second-order valence-corrected chi connectivity index (χ2v) is 12.3. The van der Waals surface area contributed by atoms with E-state index >= 15 is 0 Å². The van der Waals surface area contributed by atoms with Crippen molar-refractivity contribution in [1.82, 2.24) is 29.4 Å². The van der Waals surface area contributed by atoms with Gasteiger partial charge in [0.1, 0.15) is 41.3 Å². The first-order valence-corrected chi connectivity index (χ1v) is 16.7. The van der Waals surface area contributed by atoms with Crippen LogP contribution < -0.4 is 10.1 Å². The molecule has 0 amide bonds. The lowest BCUT2D eigenvalue weighted by molar-refractivity contribution is 0.0697. The molecule has 0 unspecified atom stereocenters. The Morgan fingerprint density at radius 1 is 0.830 bits per heavy atom. The number of nitrogens with zero attached hydrogens (tertiary/aromatic N) is 7. The van der Waals surface area contributed by atoms with Crippen molar-refractivity contribution in [3.8, 4) is 45.5 Å². The highest BCUT2D eigenvalue weighted by atomic mass is 16.5. The molecular weight excluding hydrogens is 665 g/mol. The number of aromatic carboxylic acids is 1. The molecule has 256 valence electrons. The number of pyridine rings is 2. The Morgan fingerprint density at radius 2 is 1.60 bits per heavy atom. The average molecular weight is 695 g/mol. The Balaban J connectivity index is 0.970. The Labute approximate surface area is 304 Å². The lowest BCUT2D eigenvalue weighted by atomic mass is 10.1. The van der Waals surface area contributed by atoms with E-state index in [-0.39, 0.29) is 12.2 Å². The Bertz CT molecular complexity index is 2570. The van der Waals surface area contributed by atoms with Crippen molar-refractivity contribution in [1.29, 1.82) is 5.26 Å². The molecule has 0 saturated carbocycles. The quantitative estimate of drug-likeness (QED) is 0.137. The summed E-state index contributed by atoms with van der Waals surface area (Å²) in [5.41, 5.74) is 9.50. The van der Waals surface area contributed by atoms with Crippen LogP contribution in [0.15, 0.2) is 146 Å². The van der Waals surface area contributed by atoms with Crippen LogP contribution in [0.25, 0.3) is 39.3 Å². The first-order valence-electron chi connectivity index (χ1n) is 16.7. The molecule has 4 aromatic heterocycles. The van der Waals surface area contributed by atoms with E-state index in [1.165, 1.54) is 0 Å². The normalized spacial score (nSPS) is 10.9. The largest absolute Gasteiger partial charge is 0.487 e. The van der Waals surface area contributed by atoms with Gasteiger partial charge in [0.25, 0.3) is 0 Å². The number of nitriles is 1. The smallest absolute Gasteiger partial charge is 0.335 e. The van der Waals surface area contributed by atoms with Gasteiger partial charge in [-0.05, 0) is 89.5 Å². The van der Waals surface area contributed by atoms with Crippen molar-refractivity contribution in [2.75, 3.05) is 5.32 Å². The second kappa shape index (κ2) is 14.3. The summed E-state index contributed by atoms with van der Waals surface area (Å²) in [5, 5.41) is 30.4. The van der Waals surface area contributed by atoms with Gasteiger partial charge in [-0.25, -0.2) is 14.5 Å². The first-order chi connectivity index (χ1) is 26.0. The highest BCUT2D eigenvalue weighted by Crippen LogP contribution is 2.34. The molecule has 8 aromatic rings. The van der Waals surface area contributed by atoms with Crippen LogP contribution in [0.1, 0.15) is 27.2 Å². The molecule has 0 aliphatic rings. The number of hydrogen-bond acceptors (Lipinski definition) is 8. The number of nitrogens with one attached hydrogen (secondary N) is 1. The van der Waals surface area contributed by atoms with Gasteiger partial charge in [0.05, 0.1) is 29.6 Å². The third-order valence-corrected chi connectivity index (χ3v) is 8.72. The van der Waals surface area contributed by atoms with E-state index in [4.69, 9.17) is 15.0 Å². The summed E-state index contributed by atoms with van der Waals surface area (Å²) in [6.07, 6.45) is 5.42. The van der Waals surface area contributed by atoms with Crippen molar-refractivity contribution in [3.63, 3.8) is 0 Å². The van der Waals surface area contributed by atoms with Crippen molar-refractivity contribution >= 4 is 23.1 Å². The van der Waals surface area contributed by atoms with Gasteiger partial charge in [-0.15, -0.1) is 5.10 Å². The molecule has 0 aliphatic heterocycles. The highest BCUT2D eigenvalue weighted by molar-refractivity contribution is 5.88. The topological polar surface area (TPSA) is 143 Å². The van der Waals surface area contributed by atoms with Crippen LogP contribution >= 0.6 is 0 Å². The summed E-state index contributed by atoms with van der Waals surface area (Å²) in [6, 6.07) is 42.3. The summed E-state index contributed by atoms with van der Waals surface area (Å²) in [6.45, 7) is 0.799. The summed E-state index contributed by atoms with van der Waals surface area (Å²) in [4.78, 5) is 20.8. The number of fused-ring (bicyclic) bond motifs is 1. The van der Waals surface area contributed by atoms with Crippen molar-refractivity contribution in [3.05, 3.63) is 168 Å². The van der Waals surface area contributed by atoms with Crippen LogP contribution in [-0.4, -0.2) is 40.4 Å². The zero-order valence-corrected chi connectivity index (χ0v) is 28.2. The maximum absolute atomic E-state index is 11.4. The first kappa shape index (κ1) is 32.6. The van der Waals surface area contributed by atoms with Gasteiger partial charge < -0.3 is 15.2 Å². The SMILES string of the molecule is N#Cc1ccc(-c2ccc(Cn3cc(COc4ccc(-c5nc6cc(-c7ccccc7)ccn6c5Nc5ccc(C(=O)O)cc5)cc4)nn3)cc2)nc1. The zero-order valence-electron chi connectivity index (χ0n) is 28.2. The fourth-order valence-electron chi connectivity index (χ4n) is 5.96. The number of hydrogen-bond donors (Lipinski definition) is 2. The third kappa shape index (κ3) is 7.19. The molecule has 11 nitrogen and oxygen atoms in total. The van der Waals surface area contributed by atoms with Gasteiger partial charge in [-0.1, -0.05) is 59.8 Å². The fraction of sp³-hybridized carbons (Fsp3) is 0.0476. The molecule has 0 atom stereocenters. The number of imidazole rings is 1. The Kier molecular flexibility index (Phi) is 8.82. The van der Waals surface area contributed by atoms with Crippen LogP contribution in [0.3, 0.4) is 0 Å². The molecule has 53 heavy (non-hydrogen) atoms. The summed E-state index contributed by atoms with van der Waals surface area (Å²) < 4.78 is 9.83. The van der Waals surface area contributed by atoms with Crippen molar-refractivity contribution in [2.24, 2.45) is 0 Å². The zero-order chi connectivity index (χ0) is 36.1. The minimum absolute atomic E-state index is 0.212. The molecule has 0 bridgehead atoms. The number of anilines is 2. The van der Waals surface area contributed by atoms with E-state index < -0.39 is 5.97 Å². The summed E-state index contributed by atoms with van der Waals surface area (Å²) in [5.74, 6) is 0.437. The molecule has 0 aliphatic carbocycles. The highest BCUT2D eigenvalue weighted by Gasteiger charge is 2.16. The van der Waals surface area contributed by atoms with Crippen LogP contribution in [0.2, 0.25) is 0 Å². The number of carboxylic acids is 1. The lowest BCUT2D eigenvalue weighted by Crippen LogP contribution is -2.00. The monoisotopic (exact) mass is 694 g/mol. The van der Waals surface area contributed by atoms with Gasteiger partial charge in [0, 0.05) is 29.2 Å². The van der Waals surface area contributed by atoms with Gasteiger partial charge in [-0.2, -0.15) is 5.26 Å². The third-order valence-electron chi connectivity index (χ3n) is 8.72. The molecular formula is C42H30N8O3. The van der Waals surface area contributed by atoms with Gasteiger partial charge in [-0.3, -0.25) is 9.38 Å². The molecule has 4 heterocycles. The Hall–Kier alpha value is -7.58. The van der Waals surface area contributed by atoms with Gasteiger partial charge in [0.15, 0.2) is 0 Å². The van der Waals surface area contributed by atoms with E-state index in [9.17, 15) is 9.90 Å². The average Bonchev–Trinajstić information content (AvgIpc) is 3.81. The standard InChI is InChI=1S/C42H30N8O3/c43-23-29-8-19-38(44-24-29)31-9-6-28(7-10-31)25-49-26-36(47-48-49)27-53-37-17-13-32(14-18-37)40-41(45-35-15-11-33(12-16-35)42(51)52)50-21-20-34(22-39(50)46-40)30-4-2-1-3-5-30/h1-22,24,26,45H,25,27H2,(H,51,52). The van der Waals surface area contributed by atoms with Crippen LogP contribution in [0.5, 0.6) is 5.75 Å². The molecule has 0 fully saturated rings. The number of carbonyl (C=O) groups is 1. The molecule has 2 N–H and O–H groups in total. The maximum Gasteiger partial charge on any atom is 0.335 e. The molecule has 11 heteroatoms. The van der Waals surface area contributed by atoms with E-state index in [0.29, 0.717) is 23.6 Å². The lowest BCUT2D eigenvalue weighted by Gasteiger charge is -2.10. The van der Waals surface area contributed by atoms with Crippen LogP contribution in [0.4, 0.5) is 11.5 Å². The van der Waals surface area contributed by atoms with E-state index in [2.05, 4.69) is 38.8 Å². The molecule has 0 radical (unpaired) electrons. The molecule has 0 saturated heterocycles. The second-order valence-electron chi connectivity index (χ2n) is 12.3. The molecule has 4 aromatic carbocycles. The Morgan fingerprint density at radius 3 is 2.32 bits per heavy atom. The van der Waals surface area contributed by atoms with E-state index in [1.54, 1.807) is 41.2 Å². The number of rotatable bonds is 11. The predicted octanol–water partition coefficient (Wildman–Crippen LogP) is 8.26. The minimum atomic E-state index is -0.978. The predicted molar refractivity (Wildman–Crippen MR) is 201 cm³/mol. The summed E-state index contributed by atoms with van der Waals surface area (Å²) >= 11 is 0. The fourth-order valence-corrected chi connectivity index (χ4v) is 5.96. The van der Waals surface area contributed by atoms with Crippen LogP contribution in [0, 0.1) is 11.3 Å². The number of ether oxygens (including phenoxy) is 1. The van der Waals surface area contributed by atoms with Crippen molar-refractivity contribution < 1.29 is 14.6 Å². The molecule has 0 spiro atoms. The molecule has 8 rings (SSSR count). The summed E-state index contributed by atoms with van der Waals surface area (Å²) in [7, 11) is 0. The van der Waals surface area contributed by atoms with E-state index in [0.717, 1.165) is 56.4 Å².